The molecule has 7 heteroatoms. The normalized spacial score (nSPS) is 29.1. The molecule has 0 spiro atoms. The van der Waals surface area contributed by atoms with Crippen LogP contribution >= 0.6 is 0 Å². The first kappa shape index (κ1) is 12.8. The van der Waals surface area contributed by atoms with Crippen LogP contribution in [0.15, 0.2) is 23.2 Å². The summed E-state index contributed by atoms with van der Waals surface area (Å²) in [6, 6.07) is 2.92. The van der Waals surface area contributed by atoms with Crippen molar-refractivity contribution >= 4 is 10.0 Å². The third kappa shape index (κ3) is 2.33. The summed E-state index contributed by atoms with van der Waals surface area (Å²) in [5, 5.41) is 0. The number of likely N-dealkylation sites (tertiary alicyclic amines) is 1. The van der Waals surface area contributed by atoms with Crippen LogP contribution in [-0.4, -0.2) is 50.1 Å². The van der Waals surface area contributed by atoms with Gasteiger partial charge in [0.05, 0.1) is 6.04 Å². The largest absolute Gasteiger partial charge is 0.470 e. The minimum absolute atomic E-state index is 0.131. The zero-order valence-electron chi connectivity index (χ0n) is 10.7. The van der Waals surface area contributed by atoms with E-state index in [0.717, 1.165) is 19.5 Å². The predicted octanol–water partition coefficient (Wildman–Crippen LogP) is 0.215. The molecule has 19 heavy (non-hydrogen) atoms. The molecule has 2 atom stereocenters. The lowest BCUT2D eigenvalue weighted by atomic mass is 10.2. The minimum atomic E-state index is -3.54. The topological polar surface area (TPSA) is 71.5 Å². The van der Waals surface area contributed by atoms with E-state index >= 15 is 0 Å². The summed E-state index contributed by atoms with van der Waals surface area (Å²) in [5.74, 6) is 0.209. The van der Waals surface area contributed by atoms with E-state index in [1.807, 2.05) is 0 Å². The summed E-state index contributed by atoms with van der Waals surface area (Å²) in [6.07, 6.45) is 2.42. The molecule has 6 nitrogen and oxygen atoms in total. The van der Waals surface area contributed by atoms with E-state index in [9.17, 15) is 8.42 Å². The number of nitrogens with one attached hydrogen (secondary N) is 1. The number of hydrogen-bond donors (Lipinski definition) is 1. The average Bonchev–Trinajstić information content (AvgIpc) is 2.67. The number of aromatic nitrogens is 1. The number of ether oxygens (including phenoxy) is 1. The molecular weight excluding hydrogens is 266 g/mol. The number of fused-ring (bicyclic) bond motifs is 2. The molecule has 1 aromatic rings. The van der Waals surface area contributed by atoms with Crippen molar-refractivity contribution in [3.8, 4) is 5.88 Å². The molecule has 1 fully saturated rings. The molecule has 0 saturated carbocycles. The van der Waals surface area contributed by atoms with Gasteiger partial charge in [-0.1, -0.05) is 6.92 Å². The zero-order chi connectivity index (χ0) is 13.5. The molecule has 0 aliphatic carbocycles. The van der Waals surface area contributed by atoms with Gasteiger partial charge in [0, 0.05) is 19.3 Å². The lowest BCUT2D eigenvalue weighted by molar-refractivity contribution is 0.178. The van der Waals surface area contributed by atoms with Crippen molar-refractivity contribution in [3.05, 3.63) is 18.3 Å². The van der Waals surface area contributed by atoms with E-state index in [2.05, 4.69) is 21.5 Å². The van der Waals surface area contributed by atoms with Crippen molar-refractivity contribution in [1.82, 2.24) is 14.6 Å². The fourth-order valence-corrected chi connectivity index (χ4v) is 4.00. The predicted molar refractivity (Wildman–Crippen MR) is 69.5 cm³/mol. The van der Waals surface area contributed by atoms with Crippen molar-refractivity contribution in [2.45, 2.75) is 30.4 Å². The van der Waals surface area contributed by atoms with E-state index < -0.39 is 10.0 Å². The van der Waals surface area contributed by atoms with Gasteiger partial charge in [-0.15, -0.1) is 0 Å². The van der Waals surface area contributed by atoms with Crippen molar-refractivity contribution in [3.63, 3.8) is 0 Å². The summed E-state index contributed by atoms with van der Waals surface area (Å²) in [7, 11) is -3.54. The van der Waals surface area contributed by atoms with Crippen LogP contribution < -0.4 is 9.46 Å². The van der Waals surface area contributed by atoms with Crippen LogP contribution in [0.3, 0.4) is 0 Å². The second-order valence-corrected chi connectivity index (χ2v) is 6.63. The van der Waals surface area contributed by atoms with Crippen LogP contribution in [0.4, 0.5) is 0 Å². The SMILES string of the molecule is CCCN1CC2NS(=O)(=O)c3cccnc3OC2C1. The van der Waals surface area contributed by atoms with Gasteiger partial charge in [0.2, 0.25) is 15.9 Å². The Labute approximate surface area is 112 Å². The van der Waals surface area contributed by atoms with E-state index in [-0.39, 0.29) is 22.9 Å². The molecule has 0 aromatic carbocycles. The molecule has 3 rings (SSSR count). The Morgan fingerprint density at radius 3 is 3.16 bits per heavy atom. The second kappa shape index (κ2) is 4.73. The maximum Gasteiger partial charge on any atom is 0.246 e. The lowest BCUT2D eigenvalue weighted by Crippen LogP contribution is -2.42. The highest BCUT2D eigenvalue weighted by molar-refractivity contribution is 7.89. The molecule has 0 amide bonds. The van der Waals surface area contributed by atoms with Gasteiger partial charge in [0.1, 0.15) is 11.0 Å². The number of hydrogen-bond acceptors (Lipinski definition) is 5. The van der Waals surface area contributed by atoms with Crippen LogP contribution in [0.5, 0.6) is 5.88 Å². The zero-order valence-corrected chi connectivity index (χ0v) is 11.6. The molecule has 2 unspecified atom stereocenters. The standard InChI is InChI=1S/C12H17N3O3S/c1-2-6-15-7-9-10(8-15)18-12-11(4-3-5-13-12)19(16,17)14-9/h3-5,9-10,14H,2,6-8H2,1H3. The molecule has 3 heterocycles. The van der Waals surface area contributed by atoms with E-state index in [1.54, 1.807) is 12.3 Å². The van der Waals surface area contributed by atoms with Crippen LogP contribution in [0.2, 0.25) is 0 Å². The number of sulfonamides is 1. The molecule has 1 N–H and O–H groups in total. The Hall–Kier alpha value is -1.18. The van der Waals surface area contributed by atoms with Crippen LogP contribution in [-0.2, 0) is 10.0 Å². The smallest absolute Gasteiger partial charge is 0.246 e. The van der Waals surface area contributed by atoms with Crippen molar-refractivity contribution < 1.29 is 13.2 Å². The Balaban J connectivity index is 1.93. The lowest BCUT2D eigenvalue weighted by Gasteiger charge is -2.15. The Morgan fingerprint density at radius 1 is 1.53 bits per heavy atom. The summed E-state index contributed by atoms with van der Waals surface area (Å²) in [4.78, 5) is 6.39. The second-order valence-electron chi connectivity index (χ2n) is 4.95. The van der Waals surface area contributed by atoms with E-state index in [4.69, 9.17) is 4.74 Å². The first-order chi connectivity index (χ1) is 9.10. The molecule has 2 aliphatic rings. The molecule has 1 aromatic heterocycles. The van der Waals surface area contributed by atoms with Gasteiger partial charge in [-0.3, -0.25) is 4.90 Å². The van der Waals surface area contributed by atoms with Gasteiger partial charge < -0.3 is 4.74 Å². The molecule has 0 radical (unpaired) electrons. The van der Waals surface area contributed by atoms with Gasteiger partial charge in [-0.05, 0) is 25.1 Å². The molecule has 2 aliphatic heterocycles. The fraction of sp³-hybridized carbons (Fsp3) is 0.583. The van der Waals surface area contributed by atoms with Crippen LogP contribution in [0.1, 0.15) is 13.3 Å². The monoisotopic (exact) mass is 283 g/mol. The van der Waals surface area contributed by atoms with Crippen LogP contribution in [0, 0.1) is 0 Å². The maximum absolute atomic E-state index is 12.3. The number of nitrogens with zero attached hydrogens (tertiary/aromatic N) is 2. The third-order valence-corrected chi connectivity index (χ3v) is 4.98. The quantitative estimate of drug-likeness (QED) is 0.840. The van der Waals surface area contributed by atoms with Gasteiger partial charge in [0.25, 0.3) is 0 Å². The fourth-order valence-electron chi connectivity index (χ4n) is 2.66. The summed E-state index contributed by atoms with van der Waals surface area (Å²) < 4.78 is 33.0. The Morgan fingerprint density at radius 2 is 2.37 bits per heavy atom. The molecule has 1 saturated heterocycles. The Bertz CT molecular complexity index is 575. The van der Waals surface area contributed by atoms with Gasteiger partial charge in [-0.25, -0.2) is 18.1 Å². The highest BCUT2D eigenvalue weighted by Crippen LogP contribution is 2.28. The summed E-state index contributed by atoms with van der Waals surface area (Å²) in [6.45, 7) is 4.48. The minimum Gasteiger partial charge on any atom is -0.470 e. The molecular formula is C12H17N3O3S. The molecule has 104 valence electrons. The molecule has 0 bridgehead atoms. The highest BCUT2D eigenvalue weighted by atomic mass is 32.2. The van der Waals surface area contributed by atoms with Crippen molar-refractivity contribution in [1.29, 1.82) is 0 Å². The van der Waals surface area contributed by atoms with Crippen LogP contribution in [0.25, 0.3) is 0 Å². The van der Waals surface area contributed by atoms with E-state index in [0.29, 0.717) is 6.54 Å². The summed E-state index contributed by atoms with van der Waals surface area (Å²) in [5.41, 5.74) is 0. The third-order valence-electron chi connectivity index (χ3n) is 3.48. The number of rotatable bonds is 2. The summed E-state index contributed by atoms with van der Waals surface area (Å²) >= 11 is 0. The van der Waals surface area contributed by atoms with Crippen molar-refractivity contribution in [2.24, 2.45) is 0 Å². The number of pyridine rings is 1. The maximum atomic E-state index is 12.3. The highest BCUT2D eigenvalue weighted by Gasteiger charge is 2.41. The first-order valence-corrected chi connectivity index (χ1v) is 7.95. The Kier molecular flexibility index (Phi) is 3.20. The van der Waals surface area contributed by atoms with Gasteiger partial charge >= 0.3 is 0 Å². The van der Waals surface area contributed by atoms with Gasteiger partial charge in [-0.2, -0.15) is 0 Å². The van der Waals surface area contributed by atoms with Gasteiger partial charge in [0.15, 0.2) is 0 Å². The first-order valence-electron chi connectivity index (χ1n) is 6.46. The average molecular weight is 283 g/mol. The van der Waals surface area contributed by atoms with Crippen molar-refractivity contribution in [2.75, 3.05) is 19.6 Å². The van der Waals surface area contributed by atoms with E-state index in [1.165, 1.54) is 6.07 Å².